The highest BCUT2D eigenvalue weighted by Gasteiger charge is 2.22. The molecule has 104 valence electrons. The fourth-order valence-electron chi connectivity index (χ4n) is 2.19. The summed E-state index contributed by atoms with van der Waals surface area (Å²) in [6, 6.07) is 10.7. The molecule has 0 aliphatic heterocycles. The van der Waals surface area contributed by atoms with Crippen LogP contribution in [0.1, 0.15) is 25.7 Å². The molecule has 1 heterocycles. The molecule has 0 atom stereocenters. The van der Waals surface area contributed by atoms with Gasteiger partial charge in [0, 0.05) is 30.8 Å². The average molecular weight is 269 g/mol. The lowest BCUT2D eigenvalue weighted by molar-refractivity contribution is -0.121. The Balaban J connectivity index is 1.48. The van der Waals surface area contributed by atoms with Crippen LogP contribution in [0.5, 0.6) is 0 Å². The second-order valence-corrected chi connectivity index (χ2v) is 5.30. The molecule has 1 N–H and O–H groups in total. The Kier molecular flexibility index (Phi) is 3.81. The van der Waals surface area contributed by atoms with Gasteiger partial charge in [-0.25, -0.2) is 0 Å². The summed E-state index contributed by atoms with van der Waals surface area (Å²) < 4.78 is 1.91. The predicted molar refractivity (Wildman–Crippen MR) is 78.1 cm³/mol. The summed E-state index contributed by atoms with van der Waals surface area (Å²) >= 11 is 0. The Morgan fingerprint density at radius 3 is 2.80 bits per heavy atom. The largest absolute Gasteiger partial charge is 0.353 e. The van der Waals surface area contributed by atoms with Gasteiger partial charge in [0.15, 0.2) is 0 Å². The number of rotatable bonds is 6. The number of carbonyl (C=O) groups excluding carboxylic acids is 1. The van der Waals surface area contributed by atoms with Crippen LogP contribution >= 0.6 is 0 Å². The molecular formula is C16H19N3O. The summed E-state index contributed by atoms with van der Waals surface area (Å²) in [6.07, 6.45) is 7.61. The monoisotopic (exact) mass is 269 g/mol. The van der Waals surface area contributed by atoms with Crippen molar-refractivity contribution in [3.05, 3.63) is 42.7 Å². The number of aromatic nitrogens is 2. The topological polar surface area (TPSA) is 46.9 Å². The van der Waals surface area contributed by atoms with E-state index in [2.05, 4.69) is 22.5 Å². The van der Waals surface area contributed by atoms with Gasteiger partial charge in [0.25, 0.3) is 0 Å². The molecule has 0 radical (unpaired) electrons. The van der Waals surface area contributed by atoms with Gasteiger partial charge in [-0.1, -0.05) is 30.3 Å². The van der Waals surface area contributed by atoms with Gasteiger partial charge in [0.2, 0.25) is 5.91 Å². The van der Waals surface area contributed by atoms with Crippen molar-refractivity contribution in [2.75, 3.05) is 0 Å². The highest BCUT2D eigenvalue weighted by Crippen LogP contribution is 2.19. The quantitative estimate of drug-likeness (QED) is 0.876. The summed E-state index contributed by atoms with van der Waals surface area (Å²) in [5, 5.41) is 7.35. The Hall–Kier alpha value is -2.10. The lowest BCUT2D eigenvalue weighted by Crippen LogP contribution is -2.25. The van der Waals surface area contributed by atoms with Crippen LogP contribution < -0.4 is 5.32 Å². The Morgan fingerprint density at radius 2 is 2.05 bits per heavy atom. The van der Waals surface area contributed by atoms with Gasteiger partial charge >= 0.3 is 0 Å². The first-order chi connectivity index (χ1) is 9.81. The van der Waals surface area contributed by atoms with E-state index in [9.17, 15) is 4.79 Å². The second-order valence-electron chi connectivity index (χ2n) is 5.30. The summed E-state index contributed by atoms with van der Waals surface area (Å²) in [7, 11) is 0. The van der Waals surface area contributed by atoms with Crippen LogP contribution in [0.2, 0.25) is 0 Å². The fourth-order valence-corrected chi connectivity index (χ4v) is 2.19. The molecule has 1 aliphatic rings. The maximum absolute atomic E-state index is 11.6. The third kappa shape index (κ3) is 3.47. The molecule has 0 bridgehead atoms. The van der Waals surface area contributed by atoms with Gasteiger partial charge in [-0.2, -0.15) is 5.10 Å². The molecule has 0 saturated heterocycles. The van der Waals surface area contributed by atoms with E-state index in [0.717, 1.165) is 31.4 Å². The van der Waals surface area contributed by atoms with Crippen molar-refractivity contribution in [3.63, 3.8) is 0 Å². The zero-order valence-electron chi connectivity index (χ0n) is 11.5. The Bertz CT molecular complexity index is 572. The van der Waals surface area contributed by atoms with Crippen LogP contribution in [-0.2, 0) is 11.3 Å². The molecule has 1 saturated carbocycles. The minimum atomic E-state index is 0.169. The van der Waals surface area contributed by atoms with E-state index in [1.807, 2.05) is 35.3 Å². The summed E-state index contributed by atoms with van der Waals surface area (Å²) in [4.78, 5) is 11.6. The number of amides is 1. The molecule has 0 spiro atoms. The summed E-state index contributed by atoms with van der Waals surface area (Å²) in [5.74, 6) is 0.169. The number of hydrogen-bond donors (Lipinski definition) is 1. The minimum absolute atomic E-state index is 0.169. The zero-order valence-corrected chi connectivity index (χ0v) is 11.5. The zero-order chi connectivity index (χ0) is 13.8. The van der Waals surface area contributed by atoms with Crippen LogP contribution in [0.3, 0.4) is 0 Å². The molecule has 4 nitrogen and oxygen atoms in total. The molecule has 1 fully saturated rings. The second kappa shape index (κ2) is 5.90. The van der Waals surface area contributed by atoms with Crippen molar-refractivity contribution in [2.45, 2.75) is 38.3 Å². The molecule has 0 unspecified atom stereocenters. The van der Waals surface area contributed by atoms with Crippen LogP contribution in [0.25, 0.3) is 11.1 Å². The molecule has 20 heavy (non-hydrogen) atoms. The molecule has 3 rings (SSSR count). The van der Waals surface area contributed by atoms with Crippen molar-refractivity contribution in [2.24, 2.45) is 0 Å². The normalized spacial score (nSPS) is 14.2. The number of benzene rings is 1. The lowest BCUT2D eigenvalue weighted by Gasteiger charge is -2.03. The van der Waals surface area contributed by atoms with Crippen molar-refractivity contribution < 1.29 is 4.79 Å². The smallest absolute Gasteiger partial charge is 0.220 e. The van der Waals surface area contributed by atoms with Crippen molar-refractivity contribution in [1.29, 1.82) is 0 Å². The highest BCUT2D eigenvalue weighted by atomic mass is 16.1. The first-order valence-electron chi connectivity index (χ1n) is 7.18. The van der Waals surface area contributed by atoms with Crippen LogP contribution in [0, 0.1) is 0 Å². The highest BCUT2D eigenvalue weighted by molar-refractivity contribution is 5.76. The van der Waals surface area contributed by atoms with Gasteiger partial charge in [-0.05, 0) is 24.8 Å². The average Bonchev–Trinajstić information content (AvgIpc) is 3.15. The molecule has 1 aromatic carbocycles. The van der Waals surface area contributed by atoms with Crippen molar-refractivity contribution in [3.8, 4) is 11.1 Å². The van der Waals surface area contributed by atoms with E-state index in [1.165, 1.54) is 5.56 Å². The Morgan fingerprint density at radius 1 is 1.25 bits per heavy atom. The number of nitrogens with one attached hydrogen (secondary N) is 1. The van der Waals surface area contributed by atoms with E-state index in [0.29, 0.717) is 12.5 Å². The molecule has 2 aromatic rings. The van der Waals surface area contributed by atoms with E-state index in [4.69, 9.17) is 0 Å². The van der Waals surface area contributed by atoms with E-state index in [1.54, 1.807) is 0 Å². The molecule has 1 aliphatic carbocycles. The van der Waals surface area contributed by atoms with Crippen LogP contribution in [-0.4, -0.2) is 21.7 Å². The predicted octanol–water partition coefficient (Wildman–Crippen LogP) is 2.61. The molecule has 4 heteroatoms. The third-order valence-electron chi connectivity index (χ3n) is 3.47. The standard InChI is InChI=1S/C16H19N3O/c20-16(18-15-8-9-15)7-4-10-19-12-14(11-17-19)13-5-2-1-3-6-13/h1-3,5-6,11-12,15H,4,7-10H2,(H,18,20). The van der Waals surface area contributed by atoms with Gasteiger partial charge in [0.05, 0.1) is 6.20 Å². The number of carbonyl (C=O) groups is 1. The number of hydrogen-bond acceptors (Lipinski definition) is 2. The third-order valence-corrected chi connectivity index (χ3v) is 3.47. The van der Waals surface area contributed by atoms with Crippen molar-refractivity contribution >= 4 is 5.91 Å². The Labute approximate surface area is 118 Å². The lowest BCUT2D eigenvalue weighted by atomic mass is 10.1. The van der Waals surface area contributed by atoms with Crippen LogP contribution in [0.4, 0.5) is 0 Å². The van der Waals surface area contributed by atoms with Crippen molar-refractivity contribution in [1.82, 2.24) is 15.1 Å². The maximum Gasteiger partial charge on any atom is 0.220 e. The van der Waals surface area contributed by atoms with Crippen LogP contribution in [0.15, 0.2) is 42.7 Å². The maximum atomic E-state index is 11.6. The van der Waals surface area contributed by atoms with Gasteiger partial charge in [0.1, 0.15) is 0 Å². The first-order valence-corrected chi connectivity index (χ1v) is 7.18. The molecule has 1 amide bonds. The molecule has 1 aromatic heterocycles. The fraction of sp³-hybridized carbons (Fsp3) is 0.375. The molecular weight excluding hydrogens is 250 g/mol. The van der Waals surface area contributed by atoms with Gasteiger partial charge < -0.3 is 5.32 Å². The summed E-state index contributed by atoms with van der Waals surface area (Å²) in [6.45, 7) is 0.783. The van der Waals surface area contributed by atoms with E-state index in [-0.39, 0.29) is 5.91 Å². The minimum Gasteiger partial charge on any atom is -0.353 e. The van der Waals surface area contributed by atoms with Gasteiger partial charge in [-0.15, -0.1) is 0 Å². The summed E-state index contributed by atoms with van der Waals surface area (Å²) in [5.41, 5.74) is 2.29. The van der Waals surface area contributed by atoms with E-state index < -0.39 is 0 Å². The first kappa shape index (κ1) is 12.9. The van der Waals surface area contributed by atoms with E-state index >= 15 is 0 Å². The number of nitrogens with zero attached hydrogens (tertiary/aromatic N) is 2. The van der Waals surface area contributed by atoms with Gasteiger partial charge in [-0.3, -0.25) is 9.48 Å². The number of aryl methyl sites for hydroxylation is 1. The SMILES string of the molecule is O=C(CCCn1cc(-c2ccccc2)cn1)NC1CC1.